The summed E-state index contributed by atoms with van der Waals surface area (Å²) in [6.07, 6.45) is 0. The zero-order valence-electron chi connectivity index (χ0n) is 11.6. The van der Waals surface area contributed by atoms with Crippen LogP contribution in [0, 0.1) is 18.6 Å². The third-order valence-corrected chi connectivity index (χ3v) is 3.19. The maximum Gasteiger partial charge on any atom is 0.330 e. The molecule has 0 aliphatic carbocycles. The van der Waals surface area contributed by atoms with Crippen LogP contribution < -0.4 is 5.32 Å². The van der Waals surface area contributed by atoms with Crippen LogP contribution in [-0.4, -0.2) is 17.0 Å². The van der Waals surface area contributed by atoms with Crippen LogP contribution in [0.1, 0.15) is 27.5 Å². The summed E-state index contributed by atoms with van der Waals surface area (Å²) in [6.45, 7) is 1.71. The second-order valence-corrected chi connectivity index (χ2v) is 4.73. The minimum atomic E-state index is -1.47. The summed E-state index contributed by atoms with van der Waals surface area (Å²) in [5.41, 5.74) is 0.944. The molecular formula is C16H13F2NO3. The first kappa shape index (κ1) is 15.6. The van der Waals surface area contributed by atoms with E-state index in [9.17, 15) is 23.5 Å². The molecule has 0 unspecified atom stereocenters. The topological polar surface area (TPSA) is 66.4 Å². The fourth-order valence-electron chi connectivity index (χ4n) is 2.02. The van der Waals surface area contributed by atoms with Crippen LogP contribution in [0.25, 0.3) is 0 Å². The van der Waals surface area contributed by atoms with Gasteiger partial charge >= 0.3 is 5.97 Å². The summed E-state index contributed by atoms with van der Waals surface area (Å²) in [4.78, 5) is 23.5. The average Bonchev–Trinajstić information content (AvgIpc) is 2.47. The molecule has 0 radical (unpaired) electrons. The van der Waals surface area contributed by atoms with Crippen molar-refractivity contribution in [2.45, 2.75) is 13.0 Å². The van der Waals surface area contributed by atoms with Gasteiger partial charge in [-0.1, -0.05) is 24.3 Å². The summed E-state index contributed by atoms with van der Waals surface area (Å²) in [7, 11) is 0. The van der Waals surface area contributed by atoms with Crippen LogP contribution in [0.2, 0.25) is 0 Å². The molecule has 0 saturated heterocycles. The third kappa shape index (κ3) is 3.28. The van der Waals surface area contributed by atoms with Crippen molar-refractivity contribution in [2.75, 3.05) is 0 Å². The highest BCUT2D eigenvalue weighted by Gasteiger charge is 2.24. The smallest absolute Gasteiger partial charge is 0.330 e. The van der Waals surface area contributed by atoms with E-state index in [0.717, 1.165) is 18.2 Å². The van der Waals surface area contributed by atoms with Gasteiger partial charge in [0.05, 0.1) is 0 Å². The molecule has 0 saturated carbocycles. The van der Waals surface area contributed by atoms with Gasteiger partial charge in [-0.05, 0) is 36.2 Å². The van der Waals surface area contributed by atoms with E-state index in [1.165, 1.54) is 0 Å². The van der Waals surface area contributed by atoms with Gasteiger partial charge in [-0.25, -0.2) is 13.6 Å². The van der Waals surface area contributed by atoms with Crippen molar-refractivity contribution in [1.29, 1.82) is 0 Å². The molecule has 4 nitrogen and oxygen atoms in total. The molecule has 1 atom stereocenters. The lowest BCUT2D eigenvalue weighted by atomic mass is 10.0. The van der Waals surface area contributed by atoms with E-state index in [1.807, 2.05) is 0 Å². The van der Waals surface area contributed by atoms with Gasteiger partial charge in [0.15, 0.2) is 17.7 Å². The molecule has 0 heterocycles. The zero-order valence-corrected chi connectivity index (χ0v) is 11.6. The standard InChI is InChI=1S/C16H13F2NO3/c1-9-4-2-3-5-11(9)15(20)19-14(16(21)22)10-6-7-12(17)13(18)8-10/h2-8,14H,1H3,(H,19,20)(H,21,22)/t14-/m1/s1. The number of nitrogens with one attached hydrogen (secondary N) is 1. The molecule has 0 aliphatic heterocycles. The molecule has 6 heteroatoms. The molecule has 1 amide bonds. The van der Waals surface area contributed by atoms with Crippen molar-refractivity contribution < 1.29 is 23.5 Å². The summed E-state index contributed by atoms with van der Waals surface area (Å²) in [6, 6.07) is 7.88. The second-order valence-electron chi connectivity index (χ2n) is 4.73. The minimum absolute atomic E-state index is 0.0478. The Morgan fingerprint density at radius 2 is 1.77 bits per heavy atom. The quantitative estimate of drug-likeness (QED) is 0.913. The van der Waals surface area contributed by atoms with Crippen molar-refractivity contribution in [1.82, 2.24) is 5.32 Å². The highest BCUT2D eigenvalue weighted by molar-refractivity contribution is 5.98. The lowest BCUT2D eigenvalue weighted by Gasteiger charge is -2.16. The van der Waals surface area contributed by atoms with Gasteiger partial charge in [-0.15, -0.1) is 0 Å². The Hall–Kier alpha value is -2.76. The Balaban J connectivity index is 2.30. The number of carboxylic acid groups (broad SMARTS) is 1. The van der Waals surface area contributed by atoms with E-state index in [4.69, 9.17) is 0 Å². The summed E-state index contributed by atoms with van der Waals surface area (Å²) >= 11 is 0. The predicted octanol–water partition coefficient (Wildman–Crippen LogP) is 2.83. The average molecular weight is 305 g/mol. The number of aryl methyl sites for hydroxylation is 1. The van der Waals surface area contributed by atoms with Gasteiger partial charge in [0.2, 0.25) is 0 Å². The van der Waals surface area contributed by atoms with Gasteiger partial charge in [0.1, 0.15) is 0 Å². The molecule has 2 aromatic carbocycles. The molecule has 0 bridgehead atoms. The molecule has 0 spiro atoms. The Morgan fingerprint density at radius 3 is 2.36 bits per heavy atom. The Kier molecular flexibility index (Phi) is 4.50. The fraction of sp³-hybridized carbons (Fsp3) is 0.125. The third-order valence-electron chi connectivity index (χ3n) is 3.19. The SMILES string of the molecule is Cc1ccccc1C(=O)N[C@@H](C(=O)O)c1ccc(F)c(F)c1. The van der Waals surface area contributed by atoms with Crippen LogP contribution >= 0.6 is 0 Å². The normalized spacial score (nSPS) is 11.8. The number of carbonyl (C=O) groups is 2. The predicted molar refractivity (Wildman–Crippen MR) is 75.4 cm³/mol. The van der Waals surface area contributed by atoms with Crippen LogP contribution in [0.15, 0.2) is 42.5 Å². The van der Waals surface area contributed by atoms with Gasteiger partial charge in [0.25, 0.3) is 5.91 Å². The number of carbonyl (C=O) groups excluding carboxylic acids is 1. The van der Waals surface area contributed by atoms with E-state index in [2.05, 4.69) is 5.32 Å². The molecular weight excluding hydrogens is 292 g/mol. The van der Waals surface area contributed by atoms with Crippen molar-refractivity contribution >= 4 is 11.9 Å². The number of benzene rings is 2. The number of aliphatic carboxylic acids is 1. The first-order chi connectivity index (χ1) is 10.4. The van der Waals surface area contributed by atoms with E-state index < -0.39 is 29.6 Å². The fourth-order valence-corrected chi connectivity index (χ4v) is 2.02. The van der Waals surface area contributed by atoms with E-state index in [1.54, 1.807) is 31.2 Å². The lowest BCUT2D eigenvalue weighted by molar-refractivity contribution is -0.139. The monoisotopic (exact) mass is 305 g/mol. The first-order valence-corrected chi connectivity index (χ1v) is 6.44. The zero-order chi connectivity index (χ0) is 16.3. The summed E-state index contributed by atoms with van der Waals surface area (Å²) in [5, 5.41) is 11.5. The number of carboxylic acids is 1. The lowest BCUT2D eigenvalue weighted by Crippen LogP contribution is -2.34. The Labute approximate surface area is 125 Å². The number of halogens is 2. The van der Waals surface area contributed by atoms with Gasteiger partial charge in [0, 0.05) is 5.56 Å². The molecule has 2 N–H and O–H groups in total. The van der Waals surface area contributed by atoms with E-state index in [-0.39, 0.29) is 5.56 Å². The van der Waals surface area contributed by atoms with Gasteiger partial charge in [-0.3, -0.25) is 4.79 Å². The van der Waals surface area contributed by atoms with Crippen LogP contribution in [0.3, 0.4) is 0 Å². The minimum Gasteiger partial charge on any atom is -0.479 e. The van der Waals surface area contributed by atoms with Gasteiger partial charge < -0.3 is 10.4 Å². The Morgan fingerprint density at radius 1 is 1.09 bits per heavy atom. The molecule has 0 aliphatic rings. The van der Waals surface area contributed by atoms with Crippen molar-refractivity contribution in [2.24, 2.45) is 0 Å². The van der Waals surface area contributed by atoms with Gasteiger partial charge in [-0.2, -0.15) is 0 Å². The first-order valence-electron chi connectivity index (χ1n) is 6.44. The number of amides is 1. The largest absolute Gasteiger partial charge is 0.479 e. The molecule has 22 heavy (non-hydrogen) atoms. The molecule has 2 rings (SSSR count). The van der Waals surface area contributed by atoms with Crippen LogP contribution in [0.5, 0.6) is 0 Å². The van der Waals surface area contributed by atoms with Crippen LogP contribution in [0.4, 0.5) is 8.78 Å². The molecule has 2 aromatic rings. The second kappa shape index (κ2) is 6.34. The number of hydrogen-bond acceptors (Lipinski definition) is 2. The highest BCUT2D eigenvalue weighted by atomic mass is 19.2. The highest BCUT2D eigenvalue weighted by Crippen LogP contribution is 2.18. The number of hydrogen-bond donors (Lipinski definition) is 2. The van der Waals surface area contributed by atoms with Crippen molar-refractivity contribution in [3.63, 3.8) is 0 Å². The molecule has 0 aromatic heterocycles. The van der Waals surface area contributed by atoms with Crippen LogP contribution in [-0.2, 0) is 4.79 Å². The van der Waals surface area contributed by atoms with Crippen molar-refractivity contribution in [3.05, 3.63) is 70.8 Å². The summed E-state index contributed by atoms with van der Waals surface area (Å²) in [5.74, 6) is -4.23. The molecule has 0 fully saturated rings. The summed E-state index contributed by atoms with van der Waals surface area (Å²) < 4.78 is 26.2. The Bertz CT molecular complexity index is 731. The maximum absolute atomic E-state index is 13.2. The van der Waals surface area contributed by atoms with E-state index >= 15 is 0 Å². The number of rotatable bonds is 4. The van der Waals surface area contributed by atoms with E-state index in [0.29, 0.717) is 11.1 Å². The van der Waals surface area contributed by atoms with Crippen molar-refractivity contribution in [3.8, 4) is 0 Å². The molecule has 114 valence electrons. The maximum atomic E-state index is 13.2.